The molecule has 0 N–H and O–H groups in total. The summed E-state index contributed by atoms with van der Waals surface area (Å²) in [5.41, 5.74) is 0. The van der Waals surface area contributed by atoms with Gasteiger partial charge in [-0.25, -0.2) is 4.79 Å². The third-order valence-corrected chi connectivity index (χ3v) is 1.59. The van der Waals surface area contributed by atoms with E-state index in [0.29, 0.717) is 0 Å². The highest BCUT2D eigenvalue weighted by Crippen LogP contribution is 2.09. The average molecular weight is 250 g/mol. The van der Waals surface area contributed by atoms with E-state index < -0.39 is 0 Å². The second kappa shape index (κ2) is 3.75. The highest BCUT2D eigenvalue weighted by Gasteiger charge is 2.11. The monoisotopic (exact) mass is 250 g/mol. The lowest BCUT2D eigenvalue weighted by Crippen LogP contribution is -2.16. The third-order valence-electron chi connectivity index (χ3n) is 1.18. The summed E-state index contributed by atoms with van der Waals surface area (Å²) < 4.78 is 6.77. The van der Waals surface area contributed by atoms with Crippen LogP contribution in [0.3, 0.4) is 0 Å². The summed E-state index contributed by atoms with van der Waals surface area (Å²) in [6.07, 6.45) is 5.90. The molecule has 0 aliphatic carbocycles. The normalized spacial score (nSPS) is 25.3. The Hall–Kier alpha value is -0.320. The molecule has 0 unspecified atom stereocenters. The Labute approximate surface area is 73.1 Å². The fraction of sp³-hybridized carbons (Fsp3) is 0.286. The topological polar surface area (TPSA) is 26.3 Å². The molecule has 0 spiro atoms. The van der Waals surface area contributed by atoms with Crippen LogP contribution in [0.4, 0.5) is 0 Å². The van der Waals surface area contributed by atoms with Gasteiger partial charge in [0.25, 0.3) is 0 Å². The van der Waals surface area contributed by atoms with Crippen LogP contribution in [0.15, 0.2) is 22.3 Å². The second-order valence-electron chi connectivity index (χ2n) is 1.93. The van der Waals surface area contributed by atoms with Gasteiger partial charge in [0.15, 0.2) is 0 Å². The molecule has 2 nitrogen and oxygen atoms in total. The second-order valence-corrected chi connectivity index (χ2v) is 2.65. The number of hydrogen-bond donors (Lipinski definition) is 0. The summed E-state index contributed by atoms with van der Waals surface area (Å²) in [6, 6.07) is 0. The van der Waals surface area contributed by atoms with Gasteiger partial charge in [0, 0.05) is 12.5 Å². The first kappa shape index (κ1) is 7.78. The van der Waals surface area contributed by atoms with Gasteiger partial charge in [-0.2, -0.15) is 0 Å². The zero-order chi connectivity index (χ0) is 7.40. The van der Waals surface area contributed by atoms with Crippen LogP contribution in [0.25, 0.3) is 0 Å². The van der Waals surface area contributed by atoms with E-state index in [1.165, 1.54) is 6.08 Å². The predicted octanol–water partition coefficient (Wildman–Crippen LogP) is 1.81. The van der Waals surface area contributed by atoms with Gasteiger partial charge in [0.2, 0.25) is 0 Å². The van der Waals surface area contributed by atoms with Crippen molar-refractivity contribution in [1.29, 1.82) is 0 Å². The molecule has 0 aromatic rings. The van der Waals surface area contributed by atoms with Crippen LogP contribution in [-0.4, -0.2) is 12.1 Å². The summed E-state index contributed by atoms with van der Waals surface area (Å²) in [7, 11) is 0. The van der Waals surface area contributed by atoms with Gasteiger partial charge in [-0.3, -0.25) is 0 Å². The SMILES string of the molecule is O=C1C=CC[C@H](/C=C/I)O1. The Kier molecular flexibility index (Phi) is 2.92. The first-order valence-electron chi connectivity index (χ1n) is 2.97. The molecule has 1 aliphatic rings. The smallest absolute Gasteiger partial charge is 0.331 e. The average Bonchev–Trinajstić information content (AvgIpc) is 1.88. The van der Waals surface area contributed by atoms with E-state index in [2.05, 4.69) is 22.6 Å². The Morgan fingerprint density at radius 3 is 3.20 bits per heavy atom. The van der Waals surface area contributed by atoms with Crippen molar-refractivity contribution in [2.45, 2.75) is 12.5 Å². The summed E-state index contributed by atoms with van der Waals surface area (Å²) in [5, 5.41) is 0. The number of halogens is 1. The minimum Gasteiger partial charge on any atom is -0.455 e. The molecule has 0 radical (unpaired) electrons. The number of carbonyl (C=O) groups excluding carboxylic acids is 1. The molecule has 3 heteroatoms. The first-order chi connectivity index (χ1) is 4.83. The number of cyclic esters (lactones) is 1. The third kappa shape index (κ3) is 2.13. The van der Waals surface area contributed by atoms with Crippen molar-refractivity contribution in [3.63, 3.8) is 0 Å². The summed E-state index contributed by atoms with van der Waals surface area (Å²) in [5.74, 6) is -0.245. The van der Waals surface area contributed by atoms with E-state index in [1.807, 2.05) is 16.2 Å². The van der Waals surface area contributed by atoms with Crippen molar-refractivity contribution in [3.8, 4) is 0 Å². The molecular weight excluding hydrogens is 243 g/mol. The minimum absolute atomic E-state index is 0.0469. The highest BCUT2D eigenvalue weighted by atomic mass is 127. The maximum absolute atomic E-state index is 10.6. The zero-order valence-electron chi connectivity index (χ0n) is 5.29. The van der Waals surface area contributed by atoms with Gasteiger partial charge in [-0.15, -0.1) is 0 Å². The van der Waals surface area contributed by atoms with Crippen LogP contribution in [0.1, 0.15) is 6.42 Å². The molecule has 0 saturated carbocycles. The van der Waals surface area contributed by atoms with Crippen molar-refractivity contribution < 1.29 is 9.53 Å². The van der Waals surface area contributed by atoms with E-state index in [9.17, 15) is 4.79 Å². The summed E-state index contributed by atoms with van der Waals surface area (Å²) >= 11 is 2.10. The van der Waals surface area contributed by atoms with E-state index in [0.717, 1.165) is 6.42 Å². The van der Waals surface area contributed by atoms with Gasteiger partial charge in [-0.1, -0.05) is 28.7 Å². The Morgan fingerprint density at radius 2 is 2.60 bits per heavy atom. The van der Waals surface area contributed by atoms with Crippen molar-refractivity contribution in [3.05, 3.63) is 22.3 Å². The molecule has 54 valence electrons. The summed E-state index contributed by atoms with van der Waals surface area (Å²) in [4.78, 5) is 10.6. The van der Waals surface area contributed by atoms with E-state index >= 15 is 0 Å². The lowest BCUT2D eigenvalue weighted by Gasteiger charge is -2.13. The Morgan fingerprint density at radius 1 is 1.80 bits per heavy atom. The molecule has 0 aromatic carbocycles. The molecule has 1 atom stereocenters. The Bertz CT molecular complexity index is 184. The number of ether oxygens (including phenoxy) is 1. The van der Waals surface area contributed by atoms with Crippen molar-refractivity contribution in [2.75, 3.05) is 0 Å². The molecule has 0 amide bonds. The van der Waals surface area contributed by atoms with E-state index in [1.54, 1.807) is 0 Å². The maximum Gasteiger partial charge on any atom is 0.331 e. The largest absolute Gasteiger partial charge is 0.455 e. The van der Waals surface area contributed by atoms with E-state index in [-0.39, 0.29) is 12.1 Å². The first-order valence-corrected chi connectivity index (χ1v) is 4.21. The molecule has 0 aromatic heterocycles. The molecular formula is C7H7IO2. The van der Waals surface area contributed by atoms with Crippen LogP contribution in [0.2, 0.25) is 0 Å². The molecule has 10 heavy (non-hydrogen) atoms. The van der Waals surface area contributed by atoms with Crippen LogP contribution in [0, 0.1) is 0 Å². The van der Waals surface area contributed by atoms with E-state index in [4.69, 9.17) is 4.74 Å². The summed E-state index contributed by atoms with van der Waals surface area (Å²) in [6.45, 7) is 0. The van der Waals surface area contributed by atoms with Crippen molar-refractivity contribution >= 4 is 28.6 Å². The Balaban J connectivity index is 2.52. The fourth-order valence-corrected chi connectivity index (χ4v) is 1.20. The standard InChI is InChI=1S/C7H7IO2/c8-5-4-6-2-1-3-7(9)10-6/h1,3-6H,2H2/b5-4+/t6-/m1/s1. The zero-order valence-corrected chi connectivity index (χ0v) is 7.45. The van der Waals surface area contributed by atoms with Crippen LogP contribution >= 0.6 is 22.6 Å². The predicted molar refractivity (Wildman–Crippen MR) is 46.8 cm³/mol. The quantitative estimate of drug-likeness (QED) is 0.524. The number of carbonyl (C=O) groups is 1. The number of rotatable bonds is 1. The van der Waals surface area contributed by atoms with Gasteiger partial charge in [-0.05, 0) is 10.2 Å². The lowest BCUT2D eigenvalue weighted by molar-refractivity contribution is -0.141. The molecule has 0 bridgehead atoms. The van der Waals surface area contributed by atoms with Crippen molar-refractivity contribution in [2.24, 2.45) is 0 Å². The van der Waals surface area contributed by atoms with Crippen molar-refractivity contribution in [1.82, 2.24) is 0 Å². The molecule has 0 fully saturated rings. The highest BCUT2D eigenvalue weighted by molar-refractivity contribution is 14.1. The number of esters is 1. The molecule has 1 rings (SSSR count). The number of hydrogen-bond acceptors (Lipinski definition) is 2. The lowest BCUT2D eigenvalue weighted by atomic mass is 10.2. The van der Waals surface area contributed by atoms with Crippen LogP contribution < -0.4 is 0 Å². The molecule has 1 heterocycles. The van der Waals surface area contributed by atoms with Gasteiger partial charge in [0.05, 0.1) is 0 Å². The fourth-order valence-electron chi connectivity index (χ4n) is 0.734. The van der Waals surface area contributed by atoms with Gasteiger partial charge < -0.3 is 4.74 Å². The molecule has 0 saturated heterocycles. The maximum atomic E-state index is 10.6. The molecule has 1 aliphatic heterocycles. The van der Waals surface area contributed by atoms with Crippen LogP contribution in [-0.2, 0) is 9.53 Å². The van der Waals surface area contributed by atoms with Gasteiger partial charge in [0.1, 0.15) is 6.10 Å². The minimum atomic E-state index is -0.245. The van der Waals surface area contributed by atoms with Crippen LogP contribution in [0.5, 0.6) is 0 Å². The van der Waals surface area contributed by atoms with Gasteiger partial charge >= 0.3 is 5.97 Å².